The van der Waals surface area contributed by atoms with E-state index in [4.69, 9.17) is 24.2 Å². The molecule has 1 amide bonds. The maximum atomic E-state index is 11.7. The highest BCUT2D eigenvalue weighted by Gasteiger charge is 2.19. The van der Waals surface area contributed by atoms with Crippen LogP contribution in [0.5, 0.6) is 5.75 Å². The van der Waals surface area contributed by atoms with Crippen molar-refractivity contribution < 1.29 is 19.0 Å². The molecule has 0 aliphatic carbocycles. The third kappa shape index (κ3) is 5.74. The lowest BCUT2D eigenvalue weighted by Crippen LogP contribution is -2.34. The van der Waals surface area contributed by atoms with Crippen LogP contribution in [0.3, 0.4) is 0 Å². The smallest absolute Gasteiger partial charge is 0.407 e. The number of carbonyl (C=O) groups is 1. The summed E-state index contributed by atoms with van der Waals surface area (Å²) in [6, 6.07) is 11.6. The van der Waals surface area contributed by atoms with Crippen LogP contribution in [-0.2, 0) is 9.47 Å². The summed E-state index contributed by atoms with van der Waals surface area (Å²) in [6.45, 7) is 6.93. The second-order valence-corrected chi connectivity index (χ2v) is 10.7. The van der Waals surface area contributed by atoms with Gasteiger partial charge in [-0.3, -0.25) is 8.80 Å². The number of ether oxygens (including phenoxy) is 3. The van der Waals surface area contributed by atoms with Crippen LogP contribution >= 0.6 is 11.3 Å². The first-order valence-corrected chi connectivity index (χ1v) is 13.3. The van der Waals surface area contributed by atoms with E-state index in [0.29, 0.717) is 43.3 Å². The third-order valence-electron chi connectivity index (χ3n) is 5.71. The number of alkyl carbamates (subject to hydrolysis) is 1. The Morgan fingerprint density at radius 3 is 2.74 bits per heavy atom. The zero-order chi connectivity index (χ0) is 27.6. The van der Waals surface area contributed by atoms with Gasteiger partial charge in [0.15, 0.2) is 4.96 Å². The Kier molecular flexibility index (Phi) is 7.28. The van der Waals surface area contributed by atoms with Crippen LogP contribution in [0.1, 0.15) is 26.3 Å². The number of fused-ring (bicyclic) bond motifs is 4. The fourth-order valence-electron chi connectivity index (χ4n) is 4.07. The van der Waals surface area contributed by atoms with Crippen LogP contribution in [0.4, 0.5) is 10.6 Å². The summed E-state index contributed by atoms with van der Waals surface area (Å²) < 4.78 is 21.7. The molecule has 0 aliphatic heterocycles. The Hall–Kier alpha value is -4.34. The summed E-state index contributed by atoms with van der Waals surface area (Å²) in [5.41, 5.74) is 3.12. The van der Waals surface area contributed by atoms with E-state index in [2.05, 4.69) is 16.7 Å². The molecule has 11 nitrogen and oxygen atoms in total. The predicted octanol–water partition coefficient (Wildman–Crippen LogP) is 4.70. The van der Waals surface area contributed by atoms with Crippen LogP contribution in [0.25, 0.3) is 32.2 Å². The number of pyridine rings is 1. The van der Waals surface area contributed by atoms with Crippen LogP contribution < -0.4 is 15.4 Å². The number of nitriles is 1. The van der Waals surface area contributed by atoms with E-state index < -0.39 is 11.7 Å². The van der Waals surface area contributed by atoms with E-state index in [1.807, 2.05) is 67.2 Å². The van der Waals surface area contributed by atoms with Crippen molar-refractivity contribution in [1.29, 1.82) is 5.26 Å². The highest BCUT2D eigenvalue weighted by molar-refractivity contribution is 7.23. The predicted molar refractivity (Wildman–Crippen MR) is 150 cm³/mol. The first kappa shape index (κ1) is 26.3. The molecule has 39 heavy (non-hydrogen) atoms. The molecule has 1 aromatic carbocycles. The molecule has 0 bridgehead atoms. The largest absolute Gasteiger partial charge is 0.491 e. The molecule has 0 saturated carbocycles. The standard InChI is InChI=1S/C27H29N7O4S/c1-27(2,3)38-26(35)30-8-10-36-11-12-37-18-5-6-21-20(14-18)34-16-19(31-25(34)39-21)23-24(29-4)33-9-7-17(15-28)13-22(33)32-23/h5-7,9,13-14,16,29H,8,10-12H2,1-4H3,(H,30,35). The molecule has 0 fully saturated rings. The minimum absolute atomic E-state index is 0.359. The van der Waals surface area contributed by atoms with Gasteiger partial charge in [-0.15, -0.1) is 0 Å². The Morgan fingerprint density at radius 1 is 1.13 bits per heavy atom. The Balaban J connectivity index is 1.24. The van der Waals surface area contributed by atoms with Gasteiger partial charge in [0.2, 0.25) is 0 Å². The Morgan fingerprint density at radius 2 is 1.97 bits per heavy atom. The molecule has 4 heterocycles. The molecule has 4 aromatic heterocycles. The van der Waals surface area contributed by atoms with E-state index in [1.165, 1.54) is 0 Å². The Bertz CT molecular complexity index is 1690. The number of hydrogen-bond acceptors (Lipinski definition) is 9. The lowest BCUT2D eigenvalue weighted by atomic mass is 10.2. The van der Waals surface area contributed by atoms with Gasteiger partial charge in [0.25, 0.3) is 0 Å². The summed E-state index contributed by atoms with van der Waals surface area (Å²) in [5, 5.41) is 15.1. The molecule has 0 unspecified atom stereocenters. The van der Waals surface area contributed by atoms with Gasteiger partial charge in [0.05, 0.1) is 35.1 Å². The quantitative estimate of drug-likeness (QED) is 0.254. The van der Waals surface area contributed by atoms with Gasteiger partial charge in [-0.1, -0.05) is 11.3 Å². The van der Waals surface area contributed by atoms with Gasteiger partial charge in [-0.05, 0) is 45.0 Å². The number of anilines is 1. The van der Waals surface area contributed by atoms with Crippen molar-refractivity contribution in [1.82, 2.24) is 24.1 Å². The molecule has 0 saturated heterocycles. The number of hydrogen-bond donors (Lipinski definition) is 2. The molecule has 5 aromatic rings. The topological polar surface area (TPSA) is 127 Å². The summed E-state index contributed by atoms with van der Waals surface area (Å²) >= 11 is 1.58. The van der Waals surface area contributed by atoms with Gasteiger partial charge in [0, 0.05) is 32.1 Å². The molecule has 0 radical (unpaired) electrons. The normalized spacial score (nSPS) is 11.7. The fourth-order valence-corrected chi connectivity index (χ4v) is 5.06. The summed E-state index contributed by atoms with van der Waals surface area (Å²) in [4.78, 5) is 22.1. The number of benzene rings is 1. The number of nitrogens with one attached hydrogen (secondary N) is 2. The first-order valence-electron chi connectivity index (χ1n) is 12.4. The van der Waals surface area contributed by atoms with Gasteiger partial charge in [0.1, 0.15) is 40.8 Å². The minimum atomic E-state index is -0.529. The number of carbonyl (C=O) groups excluding carboxylic acids is 1. The summed E-state index contributed by atoms with van der Waals surface area (Å²) in [5.74, 6) is 1.52. The van der Waals surface area contributed by atoms with E-state index in [1.54, 1.807) is 23.5 Å². The third-order valence-corrected chi connectivity index (χ3v) is 6.75. The van der Waals surface area contributed by atoms with Gasteiger partial charge >= 0.3 is 6.09 Å². The maximum absolute atomic E-state index is 11.7. The monoisotopic (exact) mass is 547 g/mol. The molecule has 2 N–H and O–H groups in total. The molecule has 5 rings (SSSR count). The van der Waals surface area contributed by atoms with E-state index >= 15 is 0 Å². The lowest BCUT2D eigenvalue weighted by Gasteiger charge is -2.19. The molecule has 0 aliphatic rings. The van der Waals surface area contributed by atoms with E-state index in [9.17, 15) is 10.1 Å². The fraction of sp³-hybridized carbons (Fsp3) is 0.333. The number of amides is 1. The number of thiazole rings is 1. The zero-order valence-electron chi connectivity index (χ0n) is 22.1. The number of imidazole rings is 2. The highest BCUT2D eigenvalue weighted by atomic mass is 32.1. The zero-order valence-corrected chi connectivity index (χ0v) is 23.0. The average molecular weight is 548 g/mol. The average Bonchev–Trinajstić information content (AvgIpc) is 3.57. The van der Waals surface area contributed by atoms with Crippen molar-refractivity contribution in [2.75, 3.05) is 38.7 Å². The highest BCUT2D eigenvalue weighted by Crippen LogP contribution is 2.34. The molecular weight excluding hydrogens is 518 g/mol. The SMILES string of the molecule is CNc1c(-c2cn3c(n2)sc2ccc(OCCOCCNC(=O)OC(C)(C)C)cc23)nc2cc(C#N)ccn12. The first-order chi connectivity index (χ1) is 18.8. The lowest BCUT2D eigenvalue weighted by molar-refractivity contribution is 0.0489. The van der Waals surface area contributed by atoms with Crippen molar-refractivity contribution in [3.63, 3.8) is 0 Å². The maximum Gasteiger partial charge on any atom is 0.407 e. The van der Waals surface area contributed by atoms with Crippen LogP contribution in [0.15, 0.2) is 42.7 Å². The van der Waals surface area contributed by atoms with Gasteiger partial charge in [-0.2, -0.15) is 5.26 Å². The number of rotatable bonds is 9. The second-order valence-electron chi connectivity index (χ2n) is 9.71. The van der Waals surface area contributed by atoms with Gasteiger partial charge < -0.3 is 24.8 Å². The van der Waals surface area contributed by atoms with Crippen molar-refractivity contribution in [3.05, 3.63) is 48.3 Å². The molecule has 202 valence electrons. The van der Waals surface area contributed by atoms with Crippen molar-refractivity contribution >= 4 is 44.1 Å². The molecule has 0 spiro atoms. The van der Waals surface area contributed by atoms with E-state index in [-0.39, 0.29) is 0 Å². The second kappa shape index (κ2) is 10.8. The molecular formula is C27H29N7O4S. The van der Waals surface area contributed by atoms with E-state index in [0.717, 1.165) is 32.4 Å². The number of aromatic nitrogens is 4. The summed E-state index contributed by atoms with van der Waals surface area (Å²) in [6.07, 6.45) is 3.33. The van der Waals surface area contributed by atoms with Crippen molar-refractivity contribution in [2.24, 2.45) is 0 Å². The number of nitrogens with zero attached hydrogens (tertiary/aromatic N) is 5. The van der Waals surface area contributed by atoms with Crippen LogP contribution in [0, 0.1) is 11.3 Å². The minimum Gasteiger partial charge on any atom is -0.491 e. The molecule has 0 atom stereocenters. The summed E-state index contributed by atoms with van der Waals surface area (Å²) in [7, 11) is 1.84. The molecule has 12 heteroatoms. The van der Waals surface area contributed by atoms with Gasteiger partial charge in [-0.25, -0.2) is 14.8 Å². The van der Waals surface area contributed by atoms with Crippen molar-refractivity contribution in [2.45, 2.75) is 26.4 Å². The van der Waals surface area contributed by atoms with Crippen LogP contribution in [-0.4, -0.2) is 63.9 Å². The Labute approximate surface area is 228 Å². The van der Waals surface area contributed by atoms with Crippen LogP contribution in [0.2, 0.25) is 0 Å². The van der Waals surface area contributed by atoms with Crippen molar-refractivity contribution in [3.8, 4) is 23.2 Å².